The van der Waals surface area contributed by atoms with Gasteiger partial charge < -0.3 is 0 Å². The van der Waals surface area contributed by atoms with Crippen molar-refractivity contribution < 1.29 is 26.3 Å². The maximum absolute atomic E-state index is 12.7. The van der Waals surface area contributed by atoms with Gasteiger partial charge in [-0.3, -0.25) is 0 Å². The van der Waals surface area contributed by atoms with Crippen molar-refractivity contribution in [2.75, 3.05) is 0 Å². The lowest BCUT2D eigenvalue weighted by Crippen LogP contribution is -2.16. The van der Waals surface area contributed by atoms with Crippen molar-refractivity contribution in [3.05, 3.63) is 34.9 Å². The van der Waals surface area contributed by atoms with Crippen LogP contribution in [0.4, 0.5) is 26.3 Å². The largest absolute Gasteiger partial charge is 0.416 e. The molecule has 0 atom stereocenters. The van der Waals surface area contributed by atoms with Crippen LogP contribution in [0.1, 0.15) is 36.5 Å². The highest BCUT2D eigenvalue weighted by Gasteiger charge is 2.39. The van der Waals surface area contributed by atoms with Gasteiger partial charge in [-0.1, -0.05) is 19.4 Å². The summed E-state index contributed by atoms with van der Waals surface area (Å²) in [6, 6.07) is 2.18. The first-order valence-corrected chi connectivity index (χ1v) is 5.44. The Morgan fingerprint density at radius 2 is 1.33 bits per heavy atom. The predicted octanol–water partition coefficient (Wildman–Crippen LogP) is 5.07. The van der Waals surface area contributed by atoms with Gasteiger partial charge in [0, 0.05) is 0 Å². The molecule has 0 unspecified atom stereocenters. The first-order valence-electron chi connectivity index (χ1n) is 5.44. The molecule has 6 heteroatoms. The van der Waals surface area contributed by atoms with Crippen LogP contribution in [-0.4, -0.2) is 0 Å². The van der Waals surface area contributed by atoms with Crippen LogP contribution in [0.5, 0.6) is 0 Å². The number of alkyl halides is 6. The Labute approximate surface area is 101 Å². The maximum atomic E-state index is 12.7. The molecule has 0 aromatic heterocycles. The normalized spacial score (nSPS) is 12.8. The topological polar surface area (TPSA) is 0 Å². The molecule has 0 N–H and O–H groups in total. The molecule has 0 saturated heterocycles. The molecule has 0 aliphatic carbocycles. The number of hydrogen-bond acceptors (Lipinski definition) is 0. The molecule has 0 aliphatic rings. The SMILES string of the molecule is CCCCc1c(C(F)(F)F)cccc1C(F)(F)F. The quantitative estimate of drug-likeness (QED) is 0.673. The number of rotatable bonds is 3. The standard InChI is InChI=1S/C12H12F6/c1-2-3-5-8-9(11(13,14)15)6-4-7-10(8)12(16,17)18/h4,6-7H,2-3,5H2,1H3. The molecule has 1 rings (SSSR count). The van der Waals surface area contributed by atoms with E-state index in [0.717, 1.165) is 6.07 Å². The van der Waals surface area contributed by atoms with Crippen molar-refractivity contribution >= 4 is 0 Å². The Morgan fingerprint density at radius 1 is 0.889 bits per heavy atom. The smallest absolute Gasteiger partial charge is 0.166 e. The van der Waals surface area contributed by atoms with E-state index in [2.05, 4.69) is 0 Å². The highest BCUT2D eigenvalue weighted by Crippen LogP contribution is 2.39. The fourth-order valence-corrected chi connectivity index (χ4v) is 1.74. The number of unbranched alkanes of at least 4 members (excludes halogenated alkanes) is 1. The van der Waals surface area contributed by atoms with Crippen LogP contribution >= 0.6 is 0 Å². The van der Waals surface area contributed by atoms with E-state index in [1.165, 1.54) is 0 Å². The molecule has 0 heterocycles. The number of halogens is 6. The van der Waals surface area contributed by atoms with E-state index in [1.807, 2.05) is 0 Å². The van der Waals surface area contributed by atoms with E-state index in [9.17, 15) is 26.3 Å². The van der Waals surface area contributed by atoms with Gasteiger partial charge in [0.15, 0.2) is 0 Å². The van der Waals surface area contributed by atoms with Gasteiger partial charge in [0.25, 0.3) is 0 Å². The second kappa shape index (κ2) is 5.20. The molecular formula is C12H12F6. The highest BCUT2D eigenvalue weighted by atomic mass is 19.4. The molecule has 0 nitrogen and oxygen atoms in total. The summed E-state index contributed by atoms with van der Waals surface area (Å²) >= 11 is 0. The summed E-state index contributed by atoms with van der Waals surface area (Å²) in [7, 11) is 0. The van der Waals surface area contributed by atoms with Gasteiger partial charge in [0.05, 0.1) is 11.1 Å². The number of benzene rings is 1. The summed E-state index contributed by atoms with van der Waals surface area (Å²) < 4.78 is 76.1. The minimum absolute atomic E-state index is 0.221. The molecule has 0 fully saturated rings. The van der Waals surface area contributed by atoms with Crippen LogP contribution in [0, 0.1) is 0 Å². The molecule has 1 aromatic carbocycles. The van der Waals surface area contributed by atoms with Gasteiger partial charge in [-0.05, 0) is 30.5 Å². The van der Waals surface area contributed by atoms with Crippen LogP contribution in [0.2, 0.25) is 0 Å². The van der Waals surface area contributed by atoms with Gasteiger partial charge >= 0.3 is 12.4 Å². The van der Waals surface area contributed by atoms with Gasteiger partial charge in [-0.2, -0.15) is 26.3 Å². The molecule has 0 saturated carbocycles. The maximum Gasteiger partial charge on any atom is 0.416 e. The fraction of sp³-hybridized carbons (Fsp3) is 0.500. The van der Waals surface area contributed by atoms with Crippen LogP contribution in [0.3, 0.4) is 0 Å². The fourth-order valence-electron chi connectivity index (χ4n) is 1.74. The Kier molecular flexibility index (Phi) is 4.29. The molecule has 0 spiro atoms. The van der Waals surface area contributed by atoms with Crippen molar-refractivity contribution in [3.63, 3.8) is 0 Å². The third kappa shape index (κ3) is 3.40. The van der Waals surface area contributed by atoms with Gasteiger partial charge in [-0.15, -0.1) is 0 Å². The van der Waals surface area contributed by atoms with E-state index in [1.54, 1.807) is 6.92 Å². The summed E-state index contributed by atoms with van der Waals surface area (Å²) in [5.74, 6) is 0. The van der Waals surface area contributed by atoms with Crippen molar-refractivity contribution in [1.29, 1.82) is 0 Å². The van der Waals surface area contributed by atoms with Crippen LogP contribution in [-0.2, 0) is 18.8 Å². The van der Waals surface area contributed by atoms with Crippen molar-refractivity contribution in [3.8, 4) is 0 Å². The summed E-state index contributed by atoms with van der Waals surface area (Å²) in [5, 5.41) is 0. The minimum atomic E-state index is -4.76. The Morgan fingerprint density at radius 3 is 1.67 bits per heavy atom. The molecule has 1 aromatic rings. The average Bonchev–Trinajstić information content (AvgIpc) is 2.23. The molecule has 0 radical (unpaired) electrons. The summed E-state index contributed by atoms with van der Waals surface area (Å²) in [6.07, 6.45) is -8.92. The van der Waals surface area contributed by atoms with E-state index in [4.69, 9.17) is 0 Å². The van der Waals surface area contributed by atoms with Crippen molar-refractivity contribution in [2.24, 2.45) is 0 Å². The van der Waals surface area contributed by atoms with Crippen LogP contribution < -0.4 is 0 Å². The first-order chi connectivity index (χ1) is 8.18. The molecule has 0 bridgehead atoms. The van der Waals surface area contributed by atoms with Crippen LogP contribution in [0.25, 0.3) is 0 Å². The average molecular weight is 270 g/mol. The lowest BCUT2D eigenvalue weighted by atomic mass is 9.95. The van der Waals surface area contributed by atoms with Gasteiger partial charge in [0.1, 0.15) is 0 Å². The van der Waals surface area contributed by atoms with E-state index in [-0.39, 0.29) is 12.8 Å². The molecule has 18 heavy (non-hydrogen) atoms. The summed E-state index contributed by atoms with van der Waals surface area (Å²) in [5.41, 5.74) is -3.03. The van der Waals surface area contributed by atoms with Gasteiger partial charge in [0.2, 0.25) is 0 Å². The van der Waals surface area contributed by atoms with Crippen molar-refractivity contribution in [2.45, 2.75) is 38.5 Å². The first kappa shape index (κ1) is 14.9. The Balaban J connectivity index is 3.35. The molecule has 0 amide bonds. The van der Waals surface area contributed by atoms with Crippen LogP contribution in [0.15, 0.2) is 18.2 Å². The van der Waals surface area contributed by atoms with E-state index < -0.39 is 29.0 Å². The van der Waals surface area contributed by atoms with E-state index >= 15 is 0 Å². The predicted molar refractivity (Wildman–Crippen MR) is 55.1 cm³/mol. The summed E-state index contributed by atoms with van der Waals surface area (Å²) in [4.78, 5) is 0. The third-order valence-electron chi connectivity index (χ3n) is 2.57. The minimum Gasteiger partial charge on any atom is -0.166 e. The summed E-state index contributed by atoms with van der Waals surface area (Å²) in [6.45, 7) is 1.71. The lowest BCUT2D eigenvalue weighted by Gasteiger charge is -2.18. The second-order valence-corrected chi connectivity index (χ2v) is 3.93. The second-order valence-electron chi connectivity index (χ2n) is 3.93. The zero-order valence-electron chi connectivity index (χ0n) is 9.62. The third-order valence-corrected chi connectivity index (χ3v) is 2.57. The van der Waals surface area contributed by atoms with E-state index in [0.29, 0.717) is 18.6 Å². The Hall–Kier alpha value is -1.20. The number of hydrogen-bond donors (Lipinski definition) is 0. The zero-order chi connectivity index (χ0) is 14.0. The Bertz CT molecular complexity index is 370. The molecule has 102 valence electrons. The molecular weight excluding hydrogens is 258 g/mol. The molecule has 0 aliphatic heterocycles. The monoisotopic (exact) mass is 270 g/mol. The van der Waals surface area contributed by atoms with Crippen molar-refractivity contribution in [1.82, 2.24) is 0 Å². The zero-order valence-corrected chi connectivity index (χ0v) is 9.62. The lowest BCUT2D eigenvalue weighted by molar-refractivity contribution is -0.144. The van der Waals surface area contributed by atoms with Gasteiger partial charge in [-0.25, -0.2) is 0 Å². The highest BCUT2D eigenvalue weighted by molar-refractivity contribution is 5.39.